The second kappa shape index (κ2) is 5.01. The highest BCUT2D eigenvalue weighted by atomic mass is 35.5. The van der Waals surface area contributed by atoms with Crippen molar-refractivity contribution in [3.05, 3.63) is 22.7 Å². The Kier molecular flexibility index (Phi) is 3.57. The van der Waals surface area contributed by atoms with Crippen LogP contribution < -0.4 is 15.2 Å². The number of benzene rings is 1. The van der Waals surface area contributed by atoms with Crippen molar-refractivity contribution in [1.29, 1.82) is 0 Å². The van der Waals surface area contributed by atoms with E-state index in [9.17, 15) is 0 Å². The zero-order valence-corrected chi connectivity index (χ0v) is 12.1. The van der Waals surface area contributed by atoms with Gasteiger partial charge in [-0.3, -0.25) is 4.68 Å². The zero-order chi connectivity index (χ0) is 14.2. The Morgan fingerprint density at radius 1 is 1.26 bits per heavy atom. The lowest BCUT2D eigenvalue weighted by molar-refractivity contribution is 0.353. The summed E-state index contributed by atoms with van der Waals surface area (Å²) in [6.07, 6.45) is 0. The molecule has 1 aromatic heterocycles. The molecule has 0 bridgehead atoms. The van der Waals surface area contributed by atoms with Crippen LogP contribution in [0.2, 0.25) is 5.02 Å². The summed E-state index contributed by atoms with van der Waals surface area (Å²) >= 11 is 6.31. The Morgan fingerprint density at radius 3 is 2.42 bits per heavy atom. The fourth-order valence-electron chi connectivity index (χ4n) is 2.05. The quantitative estimate of drug-likeness (QED) is 0.939. The maximum atomic E-state index is 6.31. The lowest BCUT2D eigenvalue weighted by Gasteiger charge is -2.14. The lowest BCUT2D eigenvalue weighted by atomic mass is 10.0. The molecule has 6 heteroatoms. The van der Waals surface area contributed by atoms with Crippen LogP contribution in [-0.2, 0) is 7.05 Å². The molecule has 0 fully saturated rings. The number of anilines is 1. The first-order valence-electron chi connectivity index (χ1n) is 5.70. The minimum Gasteiger partial charge on any atom is -0.493 e. The first kappa shape index (κ1) is 13.5. The number of ether oxygens (including phenoxy) is 2. The van der Waals surface area contributed by atoms with E-state index in [4.69, 9.17) is 26.8 Å². The molecule has 0 aliphatic carbocycles. The van der Waals surface area contributed by atoms with Gasteiger partial charge in [-0.2, -0.15) is 5.10 Å². The minimum atomic E-state index is 0.549. The van der Waals surface area contributed by atoms with Crippen LogP contribution in [0.3, 0.4) is 0 Å². The van der Waals surface area contributed by atoms with E-state index in [2.05, 4.69) is 5.10 Å². The predicted molar refractivity (Wildman–Crippen MR) is 75.9 cm³/mol. The average Bonchev–Trinajstić information content (AvgIpc) is 2.68. The van der Waals surface area contributed by atoms with Gasteiger partial charge in [-0.1, -0.05) is 11.6 Å². The molecule has 0 aliphatic heterocycles. The smallest absolute Gasteiger partial charge is 0.164 e. The second-order valence-corrected chi connectivity index (χ2v) is 4.58. The number of nitrogens with two attached hydrogens (primary N) is 1. The molecule has 2 rings (SSSR count). The van der Waals surface area contributed by atoms with E-state index < -0.39 is 0 Å². The summed E-state index contributed by atoms with van der Waals surface area (Å²) in [5.74, 6) is 1.81. The van der Waals surface area contributed by atoms with Gasteiger partial charge in [0, 0.05) is 30.3 Å². The largest absolute Gasteiger partial charge is 0.493 e. The van der Waals surface area contributed by atoms with Crippen molar-refractivity contribution in [2.24, 2.45) is 7.05 Å². The summed E-state index contributed by atoms with van der Waals surface area (Å²) in [7, 11) is 4.95. The number of halogens is 1. The normalized spacial score (nSPS) is 10.6. The van der Waals surface area contributed by atoms with E-state index in [1.54, 1.807) is 38.1 Å². The van der Waals surface area contributed by atoms with E-state index >= 15 is 0 Å². The number of rotatable bonds is 3. The fourth-order valence-corrected chi connectivity index (χ4v) is 2.39. The van der Waals surface area contributed by atoms with Gasteiger partial charge >= 0.3 is 0 Å². The maximum absolute atomic E-state index is 6.31. The van der Waals surface area contributed by atoms with E-state index in [-0.39, 0.29) is 0 Å². The topological polar surface area (TPSA) is 62.3 Å². The van der Waals surface area contributed by atoms with Gasteiger partial charge in [0.15, 0.2) is 11.5 Å². The number of nitrogens with zero attached hydrogens (tertiary/aromatic N) is 2. The number of hydrogen-bond donors (Lipinski definition) is 1. The Balaban J connectivity index is 2.70. The monoisotopic (exact) mass is 281 g/mol. The van der Waals surface area contributed by atoms with Crippen LogP contribution in [0.4, 0.5) is 5.82 Å². The summed E-state index contributed by atoms with van der Waals surface area (Å²) in [5, 5.41) is 4.89. The molecule has 0 amide bonds. The van der Waals surface area contributed by atoms with Crippen LogP contribution >= 0.6 is 11.6 Å². The van der Waals surface area contributed by atoms with Gasteiger partial charge < -0.3 is 15.2 Å². The minimum absolute atomic E-state index is 0.549. The summed E-state index contributed by atoms with van der Waals surface area (Å²) in [6, 6.07) is 3.49. The van der Waals surface area contributed by atoms with Gasteiger partial charge in [0.25, 0.3) is 0 Å². The van der Waals surface area contributed by atoms with Crippen LogP contribution in [-0.4, -0.2) is 24.0 Å². The molecule has 19 heavy (non-hydrogen) atoms. The van der Waals surface area contributed by atoms with E-state index in [0.717, 1.165) is 11.1 Å². The standard InChI is InChI=1S/C13H16ClN3O2/c1-7-12(9-6-11(15)17(2)16-9)8(14)5-10(18-3)13(7)19-4/h5-6H,15H2,1-4H3. The Labute approximate surface area is 116 Å². The van der Waals surface area contributed by atoms with Gasteiger partial charge in [0.2, 0.25) is 0 Å². The third kappa shape index (κ3) is 2.21. The molecule has 0 saturated carbocycles. The van der Waals surface area contributed by atoms with Crippen molar-refractivity contribution < 1.29 is 9.47 Å². The second-order valence-electron chi connectivity index (χ2n) is 4.17. The molecular weight excluding hydrogens is 266 g/mol. The van der Waals surface area contributed by atoms with Crippen LogP contribution in [0.1, 0.15) is 5.56 Å². The highest BCUT2D eigenvalue weighted by Gasteiger charge is 2.19. The van der Waals surface area contributed by atoms with Gasteiger partial charge in [-0.25, -0.2) is 0 Å². The molecule has 0 unspecified atom stereocenters. The van der Waals surface area contributed by atoms with Crippen LogP contribution in [0.25, 0.3) is 11.3 Å². The van der Waals surface area contributed by atoms with Crippen LogP contribution in [0.15, 0.2) is 12.1 Å². The number of aryl methyl sites for hydroxylation is 1. The number of aromatic nitrogens is 2. The van der Waals surface area contributed by atoms with Gasteiger partial charge in [0.05, 0.1) is 24.9 Å². The van der Waals surface area contributed by atoms with Gasteiger partial charge in [-0.05, 0) is 6.92 Å². The number of methoxy groups -OCH3 is 2. The first-order valence-corrected chi connectivity index (χ1v) is 6.08. The van der Waals surface area contributed by atoms with Crippen LogP contribution in [0, 0.1) is 6.92 Å². The van der Waals surface area contributed by atoms with Crippen molar-refractivity contribution in [3.63, 3.8) is 0 Å². The molecule has 2 aromatic rings. The van der Waals surface area contributed by atoms with Crippen molar-refractivity contribution in [1.82, 2.24) is 9.78 Å². The molecule has 1 aromatic carbocycles. The van der Waals surface area contributed by atoms with Gasteiger partial charge in [-0.15, -0.1) is 0 Å². The Bertz CT molecular complexity index is 603. The summed E-state index contributed by atoms with van der Waals surface area (Å²) < 4.78 is 12.2. The molecule has 0 aliphatic rings. The van der Waals surface area contributed by atoms with Crippen molar-refractivity contribution >= 4 is 17.4 Å². The molecule has 102 valence electrons. The van der Waals surface area contributed by atoms with E-state index in [1.807, 2.05) is 6.92 Å². The first-order chi connectivity index (χ1) is 8.99. The molecule has 1 heterocycles. The fraction of sp³-hybridized carbons (Fsp3) is 0.308. The third-order valence-electron chi connectivity index (χ3n) is 3.03. The molecule has 2 N–H and O–H groups in total. The summed E-state index contributed by atoms with van der Waals surface area (Å²) in [4.78, 5) is 0. The molecule has 0 atom stereocenters. The van der Waals surface area contributed by atoms with Crippen molar-refractivity contribution in [2.45, 2.75) is 6.92 Å². The number of hydrogen-bond acceptors (Lipinski definition) is 4. The molecule has 0 saturated heterocycles. The van der Waals surface area contributed by atoms with E-state index in [1.165, 1.54) is 0 Å². The number of nitrogen functional groups attached to an aromatic ring is 1. The Morgan fingerprint density at radius 2 is 1.95 bits per heavy atom. The predicted octanol–water partition coefficient (Wildman–Crippen LogP) is 2.65. The summed E-state index contributed by atoms with van der Waals surface area (Å²) in [5.41, 5.74) is 8.18. The van der Waals surface area contributed by atoms with Gasteiger partial charge in [0.1, 0.15) is 5.82 Å². The molecule has 0 spiro atoms. The molecule has 0 radical (unpaired) electrons. The maximum Gasteiger partial charge on any atom is 0.164 e. The Hall–Kier alpha value is -1.88. The van der Waals surface area contributed by atoms with Crippen molar-refractivity contribution in [2.75, 3.05) is 20.0 Å². The van der Waals surface area contributed by atoms with Crippen molar-refractivity contribution in [3.8, 4) is 22.8 Å². The van der Waals surface area contributed by atoms with Crippen LogP contribution in [0.5, 0.6) is 11.5 Å². The summed E-state index contributed by atoms with van der Waals surface area (Å²) in [6.45, 7) is 1.91. The zero-order valence-electron chi connectivity index (χ0n) is 11.3. The third-order valence-corrected chi connectivity index (χ3v) is 3.33. The molecular formula is C13H16ClN3O2. The van der Waals surface area contributed by atoms with E-state index in [0.29, 0.717) is 28.0 Å². The molecule has 5 nitrogen and oxygen atoms in total. The average molecular weight is 282 g/mol. The highest BCUT2D eigenvalue weighted by Crippen LogP contribution is 2.42. The highest BCUT2D eigenvalue weighted by molar-refractivity contribution is 6.33. The lowest BCUT2D eigenvalue weighted by Crippen LogP contribution is -1.98. The SMILES string of the molecule is COc1cc(Cl)c(-c2cc(N)n(C)n2)c(C)c1OC.